The van der Waals surface area contributed by atoms with Gasteiger partial charge in [-0.2, -0.15) is 0 Å². The van der Waals surface area contributed by atoms with E-state index in [1.54, 1.807) is 6.26 Å². The first-order valence-electron chi connectivity index (χ1n) is 5.82. The Morgan fingerprint density at radius 3 is 2.88 bits per heavy atom. The summed E-state index contributed by atoms with van der Waals surface area (Å²) in [5.41, 5.74) is 1.69. The molecular formula is C14H14O3. The summed E-state index contributed by atoms with van der Waals surface area (Å²) in [7, 11) is 0. The Hall–Kier alpha value is -1.74. The lowest BCUT2D eigenvalue weighted by Gasteiger charge is -2.17. The SMILES string of the molecule is OC(C1=COCCC1)c1cc2ccccc2o1. The lowest BCUT2D eigenvalue weighted by Crippen LogP contribution is -2.07. The summed E-state index contributed by atoms with van der Waals surface area (Å²) in [5.74, 6) is 0.586. The third-order valence-corrected chi connectivity index (χ3v) is 3.03. The predicted octanol–water partition coefficient (Wildman–Crippen LogP) is 3.16. The normalized spacial score (nSPS) is 17.6. The number of furan rings is 1. The maximum atomic E-state index is 10.2. The molecule has 0 spiro atoms. The third kappa shape index (κ3) is 1.94. The molecule has 1 aromatic carbocycles. The van der Waals surface area contributed by atoms with Crippen molar-refractivity contribution in [2.24, 2.45) is 0 Å². The topological polar surface area (TPSA) is 42.6 Å². The number of aliphatic hydroxyl groups excluding tert-OH is 1. The van der Waals surface area contributed by atoms with E-state index in [1.807, 2.05) is 30.3 Å². The van der Waals surface area contributed by atoms with Crippen molar-refractivity contribution >= 4 is 11.0 Å². The number of para-hydroxylation sites is 1. The van der Waals surface area contributed by atoms with E-state index in [0.717, 1.165) is 36.0 Å². The fraction of sp³-hybridized carbons (Fsp3) is 0.286. The zero-order valence-electron chi connectivity index (χ0n) is 9.43. The third-order valence-electron chi connectivity index (χ3n) is 3.03. The first-order chi connectivity index (χ1) is 8.34. The Kier molecular flexibility index (Phi) is 2.61. The van der Waals surface area contributed by atoms with Gasteiger partial charge in [0.25, 0.3) is 0 Å². The summed E-state index contributed by atoms with van der Waals surface area (Å²) in [6, 6.07) is 9.63. The zero-order valence-corrected chi connectivity index (χ0v) is 9.43. The number of benzene rings is 1. The van der Waals surface area contributed by atoms with Crippen LogP contribution in [0.1, 0.15) is 24.7 Å². The van der Waals surface area contributed by atoms with Crippen molar-refractivity contribution < 1.29 is 14.3 Å². The first-order valence-corrected chi connectivity index (χ1v) is 5.82. The summed E-state index contributed by atoms with van der Waals surface area (Å²) in [6.45, 7) is 0.732. The minimum absolute atomic E-state index is 0.586. The minimum Gasteiger partial charge on any atom is -0.501 e. The van der Waals surface area contributed by atoms with Crippen molar-refractivity contribution in [2.75, 3.05) is 6.61 Å². The summed E-state index contributed by atoms with van der Waals surface area (Å²) in [4.78, 5) is 0. The first kappa shape index (κ1) is 10.4. The van der Waals surface area contributed by atoms with Crippen molar-refractivity contribution in [2.45, 2.75) is 18.9 Å². The molecule has 2 aromatic rings. The molecule has 0 aliphatic carbocycles. The Labute approximate surface area is 99.3 Å². The van der Waals surface area contributed by atoms with Gasteiger partial charge in [0, 0.05) is 11.0 Å². The van der Waals surface area contributed by atoms with E-state index in [2.05, 4.69) is 0 Å². The molecule has 0 amide bonds. The molecule has 1 aliphatic rings. The van der Waals surface area contributed by atoms with E-state index >= 15 is 0 Å². The summed E-state index contributed by atoms with van der Waals surface area (Å²) < 4.78 is 10.9. The van der Waals surface area contributed by atoms with Crippen molar-refractivity contribution in [1.29, 1.82) is 0 Å². The molecule has 3 rings (SSSR count). The van der Waals surface area contributed by atoms with Gasteiger partial charge < -0.3 is 14.3 Å². The van der Waals surface area contributed by atoms with Crippen molar-refractivity contribution in [1.82, 2.24) is 0 Å². The molecular weight excluding hydrogens is 216 g/mol. The largest absolute Gasteiger partial charge is 0.501 e. The molecule has 1 atom stereocenters. The second-order valence-corrected chi connectivity index (χ2v) is 4.26. The molecule has 3 heteroatoms. The van der Waals surface area contributed by atoms with Gasteiger partial charge >= 0.3 is 0 Å². The van der Waals surface area contributed by atoms with E-state index in [-0.39, 0.29) is 0 Å². The lowest BCUT2D eigenvalue weighted by atomic mass is 10.0. The Morgan fingerprint density at radius 1 is 1.24 bits per heavy atom. The fourth-order valence-electron chi connectivity index (χ4n) is 2.11. The molecule has 1 unspecified atom stereocenters. The molecule has 0 bridgehead atoms. The van der Waals surface area contributed by atoms with E-state index < -0.39 is 6.10 Å². The van der Waals surface area contributed by atoms with Gasteiger partial charge in [-0.3, -0.25) is 0 Å². The quantitative estimate of drug-likeness (QED) is 0.861. The Morgan fingerprint density at radius 2 is 2.12 bits per heavy atom. The van der Waals surface area contributed by atoms with E-state index in [0.29, 0.717) is 5.76 Å². The molecule has 0 fully saturated rings. The number of rotatable bonds is 2. The van der Waals surface area contributed by atoms with Gasteiger partial charge in [0.15, 0.2) is 0 Å². The molecule has 88 valence electrons. The van der Waals surface area contributed by atoms with Crippen LogP contribution >= 0.6 is 0 Å². The fourth-order valence-corrected chi connectivity index (χ4v) is 2.11. The van der Waals surface area contributed by atoms with Crippen molar-refractivity contribution in [3.05, 3.63) is 47.9 Å². The number of hydrogen-bond donors (Lipinski definition) is 1. The summed E-state index contributed by atoms with van der Waals surface area (Å²) in [6.07, 6.45) is 2.77. The maximum Gasteiger partial charge on any atom is 0.138 e. The number of aliphatic hydroxyl groups is 1. The van der Waals surface area contributed by atoms with Crippen LogP contribution in [0.2, 0.25) is 0 Å². The van der Waals surface area contributed by atoms with Crippen molar-refractivity contribution in [3.8, 4) is 0 Å². The van der Waals surface area contributed by atoms with Gasteiger partial charge in [0.05, 0.1) is 12.9 Å². The van der Waals surface area contributed by atoms with Gasteiger partial charge in [0.1, 0.15) is 17.4 Å². The van der Waals surface area contributed by atoms with Gasteiger partial charge in [-0.15, -0.1) is 0 Å². The number of fused-ring (bicyclic) bond motifs is 1. The van der Waals surface area contributed by atoms with Gasteiger partial charge in [0.2, 0.25) is 0 Å². The molecule has 0 saturated carbocycles. The molecule has 0 saturated heterocycles. The van der Waals surface area contributed by atoms with Crippen LogP contribution in [-0.2, 0) is 4.74 Å². The van der Waals surface area contributed by atoms with Crippen LogP contribution in [0, 0.1) is 0 Å². The Balaban J connectivity index is 1.94. The van der Waals surface area contributed by atoms with Gasteiger partial charge in [-0.25, -0.2) is 0 Å². The number of ether oxygens (including phenoxy) is 1. The molecule has 17 heavy (non-hydrogen) atoms. The highest BCUT2D eigenvalue weighted by molar-refractivity contribution is 5.77. The molecule has 1 aliphatic heterocycles. The van der Waals surface area contributed by atoms with Crippen molar-refractivity contribution in [3.63, 3.8) is 0 Å². The van der Waals surface area contributed by atoms with Crippen LogP contribution in [0.4, 0.5) is 0 Å². The zero-order chi connectivity index (χ0) is 11.7. The lowest BCUT2D eigenvalue weighted by molar-refractivity contribution is 0.154. The highest BCUT2D eigenvalue weighted by atomic mass is 16.5. The smallest absolute Gasteiger partial charge is 0.138 e. The summed E-state index contributed by atoms with van der Waals surface area (Å²) in [5, 5.41) is 11.2. The standard InChI is InChI=1S/C14H14O3/c15-14(11-5-3-7-16-9-11)13-8-10-4-1-2-6-12(10)17-13/h1-2,4,6,8-9,14-15H,3,5,7H2. The average molecular weight is 230 g/mol. The summed E-state index contributed by atoms with van der Waals surface area (Å²) >= 11 is 0. The molecule has 1 aromatic heterocycles. The van der Waals surface area contributed by atoms with Crippen LogP contribution in [0.15, 0.2) is 46.6 Å². The minimum atomic E-state index is -0.692. The molecule has 1 N–H and O–H groups in total. The molecule has 0 radical (unpaired) electrons. The van der Waals surface area contributed by atoms with Crippen LogP contribution in [-0.4, -0.2) is 11.7 Å². The van der Waals surface area contributed by atoms with Crippen LogP contribution in [0.25, 0.3) is 11.0 Å². The second-order valence-electron chi connectivity index (χ2n) is 4.26. The van der Waals surface area contributed by atoms with Gasteiger partial charge in [-0.1, -0.05) is 18.2 Å². The second kappa shape index (κ2) is 4.26. The molecule has 2 heterocycles. The van der Waals surface area contributed by atoms with Crippen LogP contribution < -0.4 is 0 Å². The highest BCUT2D eigenvalue weighted by Crippen LogP contribution is 2.31. The van der Waals surface area contributed by atoms with E-state index in [4.69, 9.17) is 9.15 Å². The average Bonchev–Trinajstić information content (AvgIpc) is 2.82. The Bertz CT molecular complexity index is 520. The van der Waals surface area contributed by atoms with E-state index in [1.165, 1.54) is 0 Å². The maximum absolute atomic E-state index is 10.2. The monoisotopic (exact) mass is 230 g/mol. The van der Waals surface area contributed by atoms with Crippen LogP contribution in [0.5, 0.6) is 0 Å². The number of hydrogen-bond acceptors (Lipinski definition) is 3. The molecule has 3 nitrogen and oxygen atoms in total. The predicted molar refractivity (Wildman–Crippen MR) is 64.4 cm³/mol. The van der Waals surface area contributed by atoms with Crippen LogP contribution in [0.3, 0.4) is 0 Å². The van der Waals surface area contributed by atoms with Gasteiger partial charge in [-0.05, 0) is 25.0 Å². The highest BCUT2D eigenvalue weighted by Gasteiger charge is 2.19. The van der Waals surface area contributed by atoms with E-state index in [9.17, 15) is 5.11 Å².